The number of rotatable bonds is 5. The van der Waals surface area contributed by atoms with E-state index in [1.165, 1.54) is 4.57 Å². The van der Waals surface area contributed by atoms with Gasteiger partial charge in [0.1, 0.15) is 5.82 Å². The van der Waals surface area contributed by atoms with Crippen LogP contribution in [0, 0.1) is 0 Å². The van der Waals surface area contributed by atoms with Crippen molar-refractivity contribution in [3.8, 4) is 5.69 Å². The maximum Gasteiger partial charge on any atom is 0.319 e. The second kappa shape index (κ2) is 8.39. The molecule has 0 aliphatic rings. The molecular weight excluding hydrogens is 382 g/mol. The van der Waals surface area contributed by atoms with Gasteiger partial charge in [0.05, 0.1) is 34.3 Å². The largest absolute Gasteiger partial charge is 0.395 e. The maximum absolute atomic E-state index is 13.2. The molecule has 3 rings (SSSR count). The molecule has 2 aromatic carbocycles. The van der Waals surface area contributed by atoms with E-state index in [1.807, 2.05) is 0 Å². The van der Waals surface area contributed by atoms with Gasteiger partial charge in [0.25, 0.3) is 5.56 Å². The fourth-order valence-corrected chi connectivity index (χ4v) is 3.08. The fourth-order valence-electron chi connectivity index (χ4n) is 2.83. The van der Waals surface area contributed by atoms with Gasteiger partial charge >= 0.3 is 6.03 Å². The number of hydrogen-bond donors (Lipinski definition) is 4. The Balaban J connectivity index is 2.13. The molecule has 0 radical (unpaired) electrons. The molecule has 1 aromatic heterocycles. The number of carbonyl (C=O) groups excluding carboxylic acids is 1. The Morgan fingerprint density at radius 2 is 2.07 bits per heavy atom. The highest BCUT2D eigenvalue weighted by Crippen LogP contribution is 2.23. The topological polar surface area (TPSA) is 122 Å². The summed E-state index contributed by atoms with van der Waals surface area (Å²) in [5, 5.41) is 14.5. The van der Waals surface area contributed by atoms with Crippen LogP contribution in [-0.4, -0.2) is 33.8 Å². The minimum absolute atomic E-state index is 0.132. The predicted molar refractivity (Wildman–Crippen MR) is 109 cm³/mol. The van der Waals surface area contributed by atoms with Crippen molar-refractivity contribution in [2.75, 3.05) is 18.5 Å². The summed E-state index contributed by atoms with van der Waals surface area (Å²) in [7, 11) is 0. The Morgan fingerprint density at radius 3 is 2.79 bits per heavy atom. The molecule has 5 N–H and O–H groups in total. The highest BCUT2D eigenvalue weighted by molar-refractivity contribution is 6.35. The first-order valence-electron chi connectivity index (χ1n) is 8.65. The van der Waals surface area contributed by atoms with Crippen LogP contribution in [0.4, 0.5) is 10.5 Å². The lowest BCUT2D eigenvalue weighted by Crippen LogP contribution is -2.31. The molecule has 28 heavy (non-hydrogen) atoms. The van der Waals surface area contributed by atoms with Crippen LogP contribution in [0.1, 0.15) is 18.8 Å². The van der Waals surface area contributed by atoms with E-state index in [0.717, 1.165) is 0 Å². The van der Waals surface area contributed by atoms with Crippen LogP contribution in [0.25, 0.3) is 16.6 Å². The molecule has 0 aliphatic heterocycles. The highest BCUT2D eigenvalue weighted by atomic mass is 35.5. The van der Waals surface area contributed by atoms with E-state index in [4.69, 9.17) is 22.4 Å². The molecule has 0 fully saturated rings. The number of benzene rings is 2. The van der Waals surface area contributed by atoms with Crippen LogP contribution in [0.15, 0.2) is 47.3 Å². The number of hydrogen-bond acceptors (Lipinski definition) is 5. The zero-order chi connectivity index (χ0) is 20.3. The van der Waals surface area contributed by atoms with Gasteiger partial charge in [0, 0.05) is 12.2 Å². The van der Waals surface area contributed by atoms with Crippen molar-refractivity contribution in [3.63, 3.8) is 0 Å². The smallest absolute Gasteiger partial charge is 0.319 e. The van der Waals surface area contributed by atoms with Gasteiger partial charge in [-0.15, -0.1) is 0 Å². The molecule has 0 bridgehead atoms. The number of aliphatic hydroxyl groups is 1. The molecule has 2 amide bonds. The number of carbonyl (C=O) groups is 1. The van der Waals surface area contributed by atoms with Crippen molar-refractivity contribution in [1.29, 1.82) is 0 Å². The molecular formula is C19H20ClN5O3. The minimum atomic E-state index is -0.513. The van der Waals surface area contributed by atoms with Gasteiger partial charge in [-0.05, 0) is 37.3 Å². The summed E-state index contributed by atoms with van der Waals surface area (Å²) in [6.07, 6.45) is 0. The van der Waals surface area contributed by atoms with Gasteiger partial charge in [-0.3, -0.25) is 9.36 Å². The lowest BCUT2D eigenvalue weighted by molar-refractivity contribution is 0.245. The number of fused-ring (bicyclic) bond motifs is 1. The van der Waals surface area contributed by atoms with Crippen molar-refractivity contribution in [1.82, 2.24) is 14.9 Å². The molecule has 0 saturated carbocycles. The Kier molecular flexibility index (Phi) is 5.93. The first kappa shape index (κ1) is 19.8. The predicted octanol–water partition coefficient (Wildman–Crippen LogP) is 2.17. The molecule has 9 heteroatoms. The van der Waals surface area contributed by atoms with E-state index >= 15 is 0 Å². The van der Waals surface area contributed by atoms with Crippen molar-refractivity contribution in [3.05, 3.63) is 63.7 Å². The van der Waals surface area contributed by atoms with Crippen LogP contribution in [-0.2, 0) is 0 Å². The maximum atomic E-state index is 13.2. The quantitative estimate of drug-likeness (QED) is 0.522. The number of urea groups is 1. The Hall–Kier alpha value is -2.94. The normalized spacial score (nSPS) is 12.0. The molecule has 1 heterocycles. The van der Waals surface area contributed by atoms with Gasteiger partial charge in [-0.2, -0.15) is 0 Å². The molecule has 0 aliphatic carbocycles. The summed E-state index contributed by atoms with van der Waals surface area (Å²) >= 11 is 6.23. The van der Waals surface area contributed by atoms with E-state index in [9.17, 15) is 9.59 Å². The Morgan fingerprint density at radius 1 is 1.32 bits per heavy atom. The number of anilines is 1. The first-order valence-corrected chi connectivity index (χ1v) is 9.03. The monoisotopic (exact) mass is 401 g/mol. The Labute approximate surface area is 166 Å². The van der Waals surface area contributed by atoms with Crippen molar-refractivity contribution < 1.29 is 9.90 Å². The van der Waals surface area contributed by atoms with Crippen molar-refractivity contribution in [2.24, 2.45) is 5.73 Å². The lowest BCUT2D eigenvalue weighted by Gasteiger charge is -2.17. The molecule has 146 valence electrons. The van der Waals surface area contributed by atoms with Gasteiger partial charge in [0.2, 0.25) is 0 Å². The molecule has 3 aromatic rings. The van der Waals surface area contributed by atoms with Crippen molar-refractivity contribution in [2.45, 2.75) is 13.0 Å². The molecule has 0 saturated heterocycles. The van der Waals surface area contributed by atoms with E-state index in [1.54, 1.807) is 49.4 Å². The zero-order valence-electron chi connectivity index (χ0n) is 15.1. The van der Waals surface area contributed by atoms with Crippen LogP contribution < -0.4 is 21.9 Å². The fraction of sp³-hybridized carbons (Fsp3) is 0.211. The first-order chi connectivity index (χ1) is 13.4. The van der Waals surface area contributed by atoms with Crippen molar-refractivity contribution >= 4 is 34.2 Å². The van der Waals surface area contributed by atoms with Crippen LogP contribution in [0.2, 0.25) is 5.02 Å². The van der Waals surface area contributed by atoms with E-state index in [2.05, 4.69) is 15.6 Å². The summed E-state index contributed by atoms with van der Waals surface area (Å²) in [4.78, 5) is 29.6. The summed E-state index contributed by atoms with van der Waals surface area (Å²) in [5.41, 5.74) is 7.15. The second-order valence-corrected chi connectivity index (χ2v) is 6.60. The van der Waals surface area contributed by atoms with E-state index in [-0.39, 0.29) is 18.7 Å². The standard InChI is InChI=1S/C19H20ClN5O3/c1-11(21)17-24-15-7-3-6-14(20)16(15)18(27)25(17)13-5-2-4-12(10-13)23-19(28)22-8-9-26/h2-7,10-11,26H,8-9,21H2,1H3,(H2,22,23,28)/t11-/m0/s1. The van der Waals surface area contributed by atoms with Crippen LogP contribution in [0.5, 0.6) is 0 Å². The third kappa shape index (κ3) is 3.99. The van der Waals surface area contributed by atoms with Gasteiger partial charge < -0.3 is 21.5 Å². The third-order valence-electron chi connectivity index (χ3n) is 4.04. The summed E-state index contributed by atoms with van der Waals surface area (Å²) < 4.78 is 1.40. The number of nitrogens with one attached hydrogen (secondary N) is 2. The summed E-state index contributed by atoms with van der Waals surface area (Å²) in [6, 6.07) is 10.8. The average Bonchev–Trinajstić information content (AvgIpc) is 2.66. The molecule has 0 spiro atoms. The summed E-state index contributed by atoms with van der Waals surface area (Å²) in [5.74, 6) is 0.377. The number of nitrogens with zero attached hydrogens (tertiary/aromatic N) is 2. The molecule has 0 unspecified atom stereocenters. The number of nitrogens with two attached hydrogens (primary N) is 1. The zero-order valence-corrected chi connectivity index (χ0v) is 15.9. The number of amides is 2. The van der Waals surface area contributed by atoms with Gasteiger partial charge in [-0.1, -0.05) is 23.7 Å². The van der Waals surface area contributed by atoms with E-state index < -0.39 is 12.1 Å². The Bertz CT molecular complexity index is 1080. The number of aliphatic hydroxyl groups excluding tert-OH is 1. The molecule has 8 nitrogen and oxygen atoms in total. The minimum Gasteiger partial charge on any atom is -0.395 e. The summed E-state index contributed by atoms with van der Waals surface area (Å²) in [6.45, 7) is 1.70. The third-order valence-corrected chi connectivity index (χ3v) is 4.35. The van der Waals surface area contributed by atoms with Crippen LogP contribution >= 0.6 is 11.6 Å². The number of aromatic nitrogens is 2. The van der Waals surface area contributed by atoms with Gasteiger partial charge in [0.15, 0.2) is 0 Å². The van der Waals surface area contributed by atoms with Crippen LogP contribution in [0.3, 0.4) is 0 Å². The lowest BCUT2D eigenvalue weighted by atomic mass is 10.2. The molecule has 1 atom stereocenters. The van der Waals surface area contributed by atoms with E-state index in [0.29, 0.717) is 33.1 Å². The SMILES string of the molecule is C[C@H](N)c1nc2cccc(Cl)c2c(=O)n1-c1cccc(NC(=O)NCCO)c1. The second-order valence-electron chi connectivity index (χ2n) is 6.19. The highest BCUT2D eigenvalue weighted by Gasteiger charge is 2.17. The van der Waals surface area contributed by atoms with Gasteiger partial charge in [-0.25, -0.2) is 9.78 Å². The average molecular weight is 402 g/mol. The number of halogens is 1.